The third-order valence-electron chi connectivity index (χ3n) is 4.09. The van der Waals surface area contributed by atoms with Gasteiger partial charge in [-0.25, -0.2) is 0 Å². The molecule has 114 valence electrons. The molecule has 0 radical (unpaired) electrons. The summed E-state index contributed by atoms with van der Waals surface area (Å²) in [6, 6.07) is 6.05. The van der Waals surface area contributed by atoms with Crippen molar-refractivity contribution in [2.75, 3.05) is 24.5 Å². The molecule has 2 heterocycles. The van der Waals surface area contributed by atoms with Gasteiger partial charge in [-0.05, 0) is 49.3 Å². The van der Waals surface area contributed by atoms with Gasteiger partial charge >= 0.3 is 6.36 Å². The Morgan fingerprint density at radius 3 is 2.38 bits per heavy atom. The molecule has 0 aromatic heterocycles. The fourth-order valence-corrected chi connectivity index (χ4v) is 2.96. The number of hydrogen-bond acceptors (Lipinski definition) is 3. The topological polar surface area (TPSA) is 24.5 Å². The van der Waals surface area contributed by atoms with Gasteiger partial charge in [0.2, 0.25) is 0 Å². The Morgan fingerprint density at radius 2 is 1.81 bits per heavy atom. The number of halogens is 3. The van der Waals surface area contributed by atoms with E-state index in [-0.39, 0.29) is 11.3 Å². The standard InChI is InChI=1S/C15H17F3N2O/c1-14(2)13-9-20(8-10(13)7-19-14)11-3-5-12(6-4-11)21-15(16,17)18/h3-6,19H,7-9H2,1-2H3. The monoisotopic (exact) mass is 298 g/mol. The second kappa shape index (κ2) is 4.66. The number of nitrogens with zero attached hydrogens (tertiary/aromatic N) is 1. The molecule has 3 nitrogen and oxygen atoms in total. The fourth-order valence-electron chi connectivity index (χ4n) is 2.96. The van der Waals surface area contributed by atoms with Crippen LogP contribution in [-0.4, -0.2) is 31.5 Å². The van der Waals surface area contributed by atoms with E-state index >= 15 is 0 Å². The first-order valence-corrected chi connectivity index (χ1v) is 6.82. The highest BCUT2D eigenvalue weighted by molar-refractivity contribution is 5.56. The van der Waals surface area contributed by atoms with Gasteiger partial charge in [0.25, 0.3) is 0 Å². The number of benzene rings is 1. The minimum absolute atomic E-state index is 0.00339. The minimum atomic E-state index is -4.65. The van der Waals surface area contributed by atoms with Crippen LogP contribution < -0.4 is 15.0 Å². The Balaban J connectivity index is 1.70. The second-order valence-electron chi connectivity index (χ2n) is 5.96. The minimum Gasteiger partial charge on any atom is -0.406 e. The summed E-state index contributed by atoms with van der Waals surface area (Å²) in [5.74, 6) is -0.187. The fraction of sp³-hybridized carbons (Fsp3) is 0.467. The first kappa shape index (κ1) is 14.3. The molecule has 0 amide bonds. The quantitative estimate of drug-likeness (QED) is 0.849. The van der Waals surface area contributed by atoms with E-state index in [0.717, 1.165) is 25.3 Å². The van der Waals surface area contributed by atoms with E-state index in [2.05, 4.69) is 28.8 Å². The van der Waals surface area contributed by atoms with Crippen LogP contribution >= 0.6 is 0 Å². The molecule has 0 atom stereocenters. The summed E-state index contributed by atoms with van der Waals surface area (Å²) in [4.78, 5) is 2.17. The molecule has 0 bridgehead atoms. The predicted molar refractivity (Wildman–Crippen MR) is 74.4 cm³/mol. The molecular formula is C15H17F3N2O. The third-order valence-corrected chi connectivity index (χ3v) is 4.09. The van der Waals surface area contributed by atoms with Gasteiger partial charge in [-0.3, -0.25) is 0 Å². The highest BCUT2D eigenvalue weighted by Crippen LogP contribution is 2.35. The van der Waals surface area contributed by atoms with Crippen molar-refractivity contribution >= 4 is 5.69 Å². The van der Waals surface area contributed by atoms with E-state index in [1.807, 2.05) is 0 Å². The van der Waals surface area contributed by atoms with Crippen LogP contribution in [0, 0.1) is 0 Å². The number of nitrogens with one attached hydrogen (secondary N) is 1. The van der Waals surface area contributed by atoms with Crippen molar-refractivity contribution in [3.05, 3.63) is 35.4 Å². The summed E-state index contributed by atoms with van der Waals surface area (Å²) >= 11 is 0. The Morgan fingerprint density at radius 1 is 1.14 bits per heavy atom. The highest BCUT2D eigenvalue weighted by Gasteiger charge is 2.37. The van der Waals surface area contributed by atoms with Crippen LogP contribution in [0.25, 0.3) is 0 Å². The van der Waals surface area contributed by atoms with Gasteiger partial charge in [0, 0.05) is 30.9 Å². The van der Waals surface area contributed by atoms with Crippen molar-refractivity contribution in [3.63, 3.8) is 0 Å². The Labute approximate surface area is 121 Å². The maximum Gasteiger partial charge on any atom is 0.573 e. The Bertz CT molecular complexity index is 576. The number of hydrogen-bond donors (Lipinski definition) is 1. The molecule has 2 aliphatic heterocycles. The van der Waals surface area contributed by atoms with Crippen LogP contribution in [0.2, 0.25) is 0 Å². The summed E-state index contributed by atoms with van der Waals surface area (Å²) in [5, 5.41) is 3.46. The van der Waals surface area contributed by atoms with Gasteiger partial charge in [-0.15, -0.1) is 13.2 Å². The predicted octanol–water partition coefficient (Wildman–Crippen LogP) is 3.08. The van der Waals surface area contributed by atoms with E-state index in [1.165, 1.54) is 23.3 Å². The van der Waals surface area contributed by atoms with Gasteiger partial charge in [-0.1, -0.05) is 0 Å². The second-order valence-corrected chi connectivity index (χ2v) is 5.96. The zero-order chi connectivity index (χ0) is 15.3. The van der Waals surface area contributed by atoms with Crippen molar-refractivity contribution in [1.29, 1.82) is 0 Å². The molecule has 0 saturated heterocycles. The number of anilines is 1. The molecule has 21 heavy (non-hydrogen) atoms. The van der Waals surface area contributed by atoms with E-state index in [1.54, 1.807) is 12.1 Å². The molecule has 0 spiro atoms. The van der Waals surface area contributed by atoms with Gasteiger partial charge in [-0.2, -0.15) is 0 Å². The zero-order valence-electron chi connectivity index (χ0n) is 11.9. The van der Waals surface area contributed by atoms with Crippen molar-refractivity contribution in [2.24, 2.45) is 0 Å². The summed E-state index contributed by atoms with van der Waals surface area (Å²) in [7, 11) is 0. The molecule has 2 aliphatic rings. The molecule has 0 saturated carbocycles. The van der Waals surface area contributed by atoms with E-state index < -0.39 is 6.36 Å². The van der Waals surface area contributed by atoms with Crippen LogP contribution in [0.4, 0.5) is 18.9 Å². The summed E-state index contributed by atoms with van der Waals surface area (Å²) in [5.41, 5.74) is 3.69. The average molecular weight is 298 g/mol. The van der Waals surface area contributed by atoms with Gasteiger partial charge in [0.05, 0.1) is 0 Å². The number of alkyl halides is 3. The lowest BCUT2D eigenvalue weighted by Gasteiger charge is -2.27. The Kier molecular flexibility index (Phi) is 3.16. The molecular weight excluding hydrogens is 281 g/mol. The lowest BCUT2D eigenvalue weighted by molar-refractivity contribution is -0.274. The molecule has 6 heteroatoms. The molecule has 1 N–H and O–H groups in total. The zero-order valence-corrected chi connectivity index (χ0v) is 11.9. The SMILES string of the molecule is CC1(C)NCC2=C1CN(c1ccc(OC(F)(F)F)cc1)C2. The van der Waals surface area contributed by atoms with E-state index in [4.69, 9.17) is 0 Å². The van der Waals surface area contributed by atoms with Crippen LogP contribution in [-0.2, 0) is 0 Å². The van der Waals surface area contributed by atoms with Crippen LogP contribution in [0.3, 0.4) is 0 Å². The maximum absolute atomic E-state index is 12.1. The van der Waals surface area contributed by atoms with Crippen LogP contribution in [0.5, 0.6) is 5.75 Å². The van der Waals surface area contributed by atoms with Gasteiger partial charge in [0.1, 0.15) is 5.75 Å². The lowest BCUT2D eigenvalue weighted by atomic mass is 9.96. The van der Waals surface area contributed by atoms with Crippen molar-refractivity contribution in [1.82, 2.24) is 5.32 Å². The molecule has 1 aromatic carbocycles. The van der Waals surface area contributed by atoms with E-state index in [0.29, 0.717) is 0 Å². The van der Waals surface area contributed by atoms with Crippen LogP contribution in [0.15, 0.2) is 35.4 Å². The van der Waals surface area contributed by atoms with Crippen molar-refractivity contribution in [3.8, 4) is 5.75 Å². The highest BCUT2D eigenvalue weighted by atomic mass is 19.4. The normalized spacial score (nSPS) is 20.9. The summed E-state index contributed by atoms with van der Waals surface area (Å²) in [6.45, 7) is 6.83. The molecule has 0 unspecified atom stereocenters. The number of ether oxygens (including phenoxy) is 1. The number of rotatable bonds is 2. The van der Waals surface area contributed by atoms with Crippen molar-refractivity contribution < 1.29 is 17.9 Å². The summed E-state index contributed by atoms with van der Waals surface area (Å²) in [6.07, 6.45) is -4.65. The molecule has 0 fully saturated rings. The van der Waals surface area contributed by atoms with Gasteiger partial charge < -0.3 is 15.0 Å². The molecule has 0 aliphatic carbocycles. The maximum atomic E-state index is 12.1. The molecule has 1 aromatic rings. The van der Waals surface area contributed by atoms with Gasteiger partial charge in [0.15, 0.2) is 0 Å². The summed E-state index contributed by atoms with van der Waals surface area (Å²) < 4.78 is 40.3. The first-order valence-electron chi connectivity index (χ1n) is 6.82. The first-order chi connectivity index (χ1) is 9.74. The third kappa shape index (κ3) is 2.85. The molecule has 3 rings (SSSR count). The largest absolute Gasteiger partial charge is 0.573 e. The van der Waals surface area contributed by atoms with E-state index in [9.17, 15) is 13.2 Å². The van der Waals surface area contributed by atoms with Crippen molar-refractivity contribution in [2.45, 2.75) is 25.7 Å². The Hall–Kier alpha value is -1.69. The smallest absolute Gasteiger partial charge is 0.406 e. The van der Waals surface area contributed by atoms with Crippen LogP contribution in [0.1, 0.15) is 13.8 Å². The lowest BCUT2D eigenvalue weighted by Crippen LogP contribution is -2.40. The average Bonchev–Trinajstić information content (AvgIpc) is 2.90.